The fourth-order valence-electron chi connectivity index (χ4n) is 2.91. The number of halogens is 1. The molecule has 0 radical (unpaired) electrons. The summed E-state index contributed by atoms with van der Waals surface area (Å²) in [6.45, 7) is 4.37. The average molecular weight is 154 g/mol. The van der Waals surface area contributed by atoms with Crippen molar-refractivity contribution in [1.29, 1.82) is 0 Å². The van der Waals surface area contributed by atoms with Crippen LogP contribution >= 0.6 is 0 Å². The lowest BCUT2D eigenvalue weighted by molar-refractivity contribution is 0.284. The van der Waals surface area contributed by atoms with Crippen molar-refractivity contribution < 1.29 is 4.39 Å². The second kappa shape index (κ2) is 2.09. The van der Waals surface area contributed by atoms with Gasteiger partial charge in [-0.3, -0.25) is 0 Å². The number of allylic oxidation sites excluding steroid dienone is 1. The molecule has 0 heterocycles. The molecule has 0 aromatic heterocycles. The van der Waals surface area contributed by atoms with Crippen LogP contribution in [-0.2, 0) is 0 Å². The molecule has 2 aliphatic rings. The summed E-state index contributed by atoms with van der Waals surface area (Å²) in [5.74, 6) is 1.34. The Bertz CT molecular complexity index is 203. The summed E-state index contributed by atoms with van der Waals surface area (Å²) in [4.78, 5) is 0. The normalized spacial score (nSPS) is 43.7. The molecule has 0 saturated heterocycles. The van der Waals surface area contributed by atoms with Gasteiger partial charge in [0.25, 0.3) is 0 Å². The van der Waals surface area contributed by atoms with Crippen LogP contribution in [0.2, 0.25) is 0 Å². The van der Waals surface area contributed by atoms with Crippen molar-refractivity contribution >= 4 is 0 Å². The Morgan fingerprint density at radius 1 is 1.45 bits per heavy atom. The van der Waals surface area contributed by atoms with E-state index in [4.69, 9.17) is 0 Å². The lowest BCUT2D eigenvalue weighted by atomic mass is 9.73. The third-order valence-electron chi connectivity index (χ3n) is 3.75. The van der Waals surface area contributed by atoms with Gasteiger partial charge in [0.2, 0.25) is 0 Å². The lowest BCUT2D eigenvalue weighted by Gasteiger charge is -2.31. The monoisotopic (exact) mass is 154 g/mol. The van der Waals surface area contributed by atoms with Crippen LogP contribution in [0, 0.1) is 17.3 Å². The Balaban J connectivity index is 2.36. The second-order valence-electron chi connectivity index (χ2n) is 4.49. The molecule has 11 heavy (non-hydrogen) atoms. The van der Waals surface area contributed by atoms with E-state index in [9.17, 15) is 4.39 Å². The molecular formula is C10H15F. The molecule has 0 aromatic carbocycles. The molecule has 2 saturated carbocycles. The zero-order valence-corrected chi connectivity index (χ0v) is 7.23. The quantitative estimate of drug-likeness (QED) is 0.502. The Hall–Kier alpha value is -0.330. The number of hydrogen-bond donors (Lipinski definition) is 0. The fraction of sp³-hybridized carbons (Fsp3) is 0.800. The van der Waals surface area contributed by atoms with Crippen molar-refractivity contribution in [2.45, 2.75) is 33.1 Å². The van der Waals surface area contributed by atoms with Gasteiger partial charge in [-0.05, 0) is 42.1 Å². The van der Waals surface area contributed by atoms with Crippen LogP contribution in [0.4, 0.5) is 4.39 Å². The standard InChI is InChI=1S/C10H15F/c1-10(2)8-4-3-7(5-8)9(10)6-11/h6-8H,3-5H2,1-2H3/b9-6-/t7-,8-/m0/s1. The van der Waals surface area contributed by atoms with E-state index in [1.807, 2.05) is 0 Å². The van der Waals surface area contributed by atoms with Crippen LogP contribution in [0.25, 0.3) is 0 Å². The Morgan fingerprint density at radius 2 is 2.18 bits per heavy atom. The van der Waals surface area contributed by atoms with Crippen LogP contribution in [0.15, 0.2) is 11.9 Å². The van der Waals surface area contributed by atoms with E-state index in [0.29, 0.717) is 5.92 Å². The molecule has 0 aromatic rings. The summed E-state index contributed by atoms with van der Waals surface area (Å²) in [6, 6.07) is 0. The van der Waals surface area contributed by atoms with Crippen LogP contribution in [0.5, 0.6) is 0 Å². The SMILES string of the molecule is CC1(C)/C(=C\F)[C@H]2CC[C@H]1C2. The minimum Gasteiger partial charge on any atom is -0.216 e. The first-order chi connectivity index (χ1) is 5.16. The summed E-state index contributed by atoms with van der Waals surface area (Å²) >= 11 is 0. The first kappa shape index (κ1) is 7.33. The molecule has 1 heteroatoms. The van der Waals surface area contributed by atoms with Gasteiger partial charge in [-0.25, -0.2) is 4.39 Å². The minimum atomic E-state index is 0.164. The molecule has 0 aliphatic heterocycles. The maximum Gasteiger partial charge on any atom is 0.0867 e. The van der Waals surface area contributed by atoms with E-state index in [-0.39, 0.29) is 5.41 Å². The predicted molar refractivity (Wildman–Crippen MR) is 43.8 cm³/mol. The van der Waals surface area contributed by atoms with Gasteiger partial charge < -0.3 is 0 Å². The third-order valence-corrected chi connectivity index (χ3v) is 3.75. The molecule has 0 nitrogen and oxygen atoms in total. The van der Waals surface area contributed by atoms with Crippen LogP contribution in [0.3, 0.4) is 0 Å². The van der Waals surface area contributed by atoms with Crippen LogP contribution in [-0.4, -0.2) is 0 Å². The summed E-state index contributed by atoms with van der Waals surface area (Å²) in [5, 5.41) is 0. The first-order valence-electron chi connectivity index (χ1n) is 4.47. The van der Waals surface area contributed by atoms with Gasteiger partial charge in [0.1, 0.15) is 0 Å². The Kier molecular flexibility index (Phi) is 1.39. The van der Waals surface area contributed by atoms with Crippen molar-refractivity contribution in [2.75, 3.05) is 0 Å². The topological polar surface area (TPSA) is 0 Å². The smallest absolute Gasteiger partial charge is 0.0867 e. The van der Waals surface area contributed by atoms with E-state index in [1.54, 1.807) is 0 Å². The van der Waals surface area contributed by atoms with Crippen molar-refractivity contribution in [3.05, 3.63) is 11.9 Å². The van der Waals surface area contributed by atoms with Crippen molar-refractivity contribution in [2.24, 2.45) is 17.3 Å². The second-order valence-corrected chi connectivity index (χ2v) is 4.49. The highest BCUT2D eigenvalue weighted by Gasteiger charge is 2.48. The zero-order valence-electron chi connectivity index (χ0n) is 7.23. The van der Waals surface area contributed by atoms with Gasteiger partial charge in [-0.15, -0.1) is 0 Å². The molecule has 0 unspecified atom stereocenters. The summed E-state index contributed by atoms with van der Waals surface area (Å²) < 4.78 is 12.5. The zero-order chi connectivity index (χ0) is 8.06. The maximum atomic E-state index is 12.5. The molecule has 2 aliphatic carbocycles. The van der Waals surface area contributed by atoms with E-state index in [2.05, 4.69) is 13.8 Å². The summed E-state index contributed by atoms with van der Waals surface area (Å²) in [5.41, 5.74) is 1.24. The van der Waals surface area contributed by atoms with E-state index in [1.165, 1.54) is 19.3 Å². The first-order valence-corrected chi connectivity index (χ1v) is 4.47. The van der Waals surface area contributed by atoms with Crippen molar-refractivity contribution in [1.82, 2.24) is 0 Å². The van der Waals surface area contributed by atoms with Gasteiger partial charge in [0, 0.05) is 0 Å². The lowest BCUT2D eigenvalue weighted by Crippen LogP contribution is -2.22. The molecule has 0 amide bonds. The third kappa shape index (κ3) is 0.800. The van der Waals surface area contributed by atoms with Crippen molar-refractivity contribution in [3.8, 4) is 0 Å². The maximum absolute atomic E-state index is 12.5. The summed E-state index contributed by atoms with van der Waals surface area (Å²) in [6.07, 6.45) is 4.64. The highest BCUT2D eigenvalue weighted by molar-refractivity contribution is 5.24. The summed E-state index contributed by atoms with van der Waals surface area (Å²) in [7, 11) is 0. The van der Waals surface area contributed by atoms with Gasteiger partial charge in [-0.2, -0.15) is 0 Å². The van der Waals surface area contributed by atoms with Crippen LogP contribution in [0.1, 0.15) is 33.1 Å². The highest BCUT2D eigenvalue weighted by Crippen LogP contribution is 2.58. The molecule has 62 valence electrons. The predicted octanol–water partition coefficient (Wildman–Crippen LogP) is 3.30. The fourth-order valence-corrected chi connectivity index (χ4v) is 2.91. The minimum absolute atomic E-state index is 0.164. The average Bonchev–Trinajstić information content (AvgIpc) is 2.44. The highest BCUT2D eigenvalue weighted by atomic mass is 19.1. The van der Waals surface area contributed by atoms with E-state index >= 15 is 0 Å². The van der Waals surface area contributed by atoms with Gasteiger partial charge in [0.05, 0.1) is 6.33 Å². The molecular weight excluding hydrogens is 139 g/mol. The van der Waals surface area contributed by atoms with Gasteiger partial charge >= 0.3 is 0 Å². The molecule has 2 bridgehead atoms. The number of rotatable bonds is 0. The molecule has 2 rings (SSSR count). The molecule has 0 N–H and O–H groups in total. The number of hydrogen-bond acceptors (Lipinski definition) is 0. The van der Waals surface area contributed by atoms with Gasteiger partial charge in [0.15, 0.2) is 0 Å². The van der Waals surface area contributed by atoms with Crippen LogP contribution < -0.4 is 0 Å². The Morgan fingerprint density at radius 3 is 2.55 bits per heavy atom. The van der Waals surface area contributed by atoms with E-state index in [0.717, 1.165) is 17.8 Å². The Labute approximate surface area is 67.5 Å². The van der Waals surface area contributed by atoms with Crippen molar-refractivity contribution in [3.63, 3.8) is 0 Å². The van der Waals surface area contributed by atoms with E-state index < -0.39 is 0 Å². The molecule has 2 atom stereocenters. The number of fused-ring (bicyclic) bond motifs is 2. The molecule has 2 fully saturated rings. The largest absolute Gasteiger partial charge is 0.216 e. The van der Waals surface area contributed by atoms with Gasteiger partial charge in [-0.1, -0.05) is 13.8 Å². The molecule has 0 spiro atoms.